The second kappa shape index (κ2) is 12.1. The number of hydrogen-bond donors (Lipinski definition) is 1. The number of halogens is 2. The summed E-state index contributed by atoms with van der Waals surface area (Å²) in [6.07, 6.45) is 2.58. The summed E-state index contributed by atoms with van der Waals surface area (Å²) in [5, 5.41) is 5.06. The van der Waals surface area contributed by atoms with Crippen molar-refractivity contribution in [3.05, 3.63) is 87.4 Å². The van der Waals surface area contributed by atoms with Gasteiger partial charge in [0, 0.05) is 28.2 Å². The van der Waals surface area contributed by atoms with E-state index in [0.717, 1.165) is 16.1 Å². The molecule has 0 fully saturated rings. The molecule has 0 aliphatic heterocycles. The van der Waals surface area contributed by atoms with Crippen molar-refractivity contribution < 1.29 is 22.7 Å². The first kappa shape index (κ1) is 27.3. The zero-order chi connectivity index (χ0) is 26.3. The lowest BCUT2D eigenvalue weighted by Gasteiger charge is -2.16. The summed E-state index contributed by atoms with van der Waals surface area (Å²) in [5.41, 5.74) is 4.69. The summed E-state index contributed by atoms with van der Waals surface area (Å²) in [6, 6.07) is 16.6. The first-order valence-corrected chi connectivity index (χ1v) is 13.4. The van der Waals surface area contributed by atoms with Crippen molar-refractivity contribution in [2.45, 2.75) is 13.5 Å². The maximum absolute atomic E-state index is 12.4. The highest BCUT2D eigenvalue weighted by Gasteiger charge is 2.13. The lowest BCUT2D eigenvalue weighted by atomic mass is 10.2. The van der Waals surface area contributed by atoms with Crippen molar-refractivity contribution in [1.82, 2.24) is 5.43 Å². The van der Waals surface area contributed by atoms with Crippen LogP contribution in [0.2, 0.25) is 10.0 Å². The molecular formula is C25H25Cl2N3O5S. The summed E-state index contributed by atoms with van der Waals surface area (Å²) in [4.78, 5) is 12.4. The standard InChI is InChI=1S/C25H25Cl2N3O5S/c1-4-34-24-13-17(5-12-23(24)35-16-19-6-9-20(26)14-22(19)27)15-28-29-25(31)18-7-10-21(11-8-18)30(2)36(3,32)33/h5-15H,4,16H2,1-3H3,(H,29,31)/b28-15-. The number of carbonyl (C=O) groups excluding carboxylic acids is 1. The van der Waals surface area contributed by atoms with Crippen LogP contribution < -0.4 is 19.2 Å². The van der Waals surface area contributed by atoms with Crippen LogP contribution in [0.25, 0.3) is 0 Å². The van der Waals surface area contributed by atoms with Crippen molar-refractivity contribution in [3.63, 3.8) is 0 Å². The fourth-order valence-corrected chi connectivity index (χ4v) is 4.00. The van der Waals surface area contributed by atoms with E-state index in [9.17, 15) is 13.2 Å². The van der Waals surface area contributed by atoms with Gasteiger partial charge < -0.3 is 9.47 Å². The van der Waals surface area contributed by atoms with Gasteiger partial charge >= 0.3 is 0 Å². The molecule has 1 amide bonds. The van der Waals surface area contributed by atoms with Gasteiger partial charge in [-0.15, -0.1) is 0 Å². The van der Waals surface area contributed by atoms with Crippen molar-refractivity contribution in [2.24, 2.45) is 5.10 Å². The van der Waals surface area contributed by atoms with E-state index in [1.54, 1.807) is 48.5 Å². The molecule has 0 spiro atoms. The fraction of sp³-hybridized carbons (Fsp3) is 0.200. The van der Waals surface area contributed by atoms with Crippen molar-refractivity contribution >= 4 is 51.0 Å². The van der Waals surface area contributed by atoms with E-state index in [1.165, 1.54) is 25.4 Å². The zero-order valence-corrected chi connectivity index (χ0v) is 22.2. The number of ether oxygens (including phenoxy) is 2. The van der Waals surface area contributed by atoms with Gasteiger partial charge in [0.1, 0.15) is 6.61 Å². The average Bonchev–Trinajstić information content (AvgIpc) is 2.83. The smallest absolute Gasteiger partial charge is 0.271 e. The van der Waals surface area contributed by atoms with Crippen LogP contribution in [-0.4, -0.2) is 40.4 Å². The second-order valence-electron chi connectivity index (χ2n) is 7.64. The van der Waals surface area contributed by atoms with Gasteiger partial charge in [0.15, 0.2) is 11.5 Å². The van der Waals surface area contributed by atoms with E-state index in [1.807, 2.05) is 6.92 Å². The Bertz CT molecular complexity index is 1360. The first-order valence-electron chi connectivity index (χ1n) is 10.8. The van der Waals surface area contributed by atoms with Crippen LogP contribution in [0.4, 0.5) is 5.69 Å². The van der Waals surface area contributed by atoms with E-state index < -0.39 is 15.9 Å². The monoisotopic (exact) mass is 549 g/mol. The number of nitrogens with one attached hydrogen (secondary N) is 1. The molecule has 36 heavy (non-hydrogen) atoms. The maximum atomic E-state index is 12.4. The molecule has 1 N–H and O–H groups in total. The Morgan fingerprint density at radius 2 is 1.75 bits per heavy atom. The number of sulfonamides is 1. The number of rotatable bonds is 10. The third kappa shape index (κ3) is 7.36. The molecule has 0 aliphatic rings. The highest BCUT2D eigenvalue weighted by Crippen LogP contribution is 2.30. The van der Waals surface area contributed by atoms with Gasteiger partial charge in [0.05, 0.1) is 24.8 Å². The molecule has 0 saturated carbocycles. The van der Waals surface area contributed by atoms with Gasteiger partial charge in [0.25, 0.3) is 5.91 Å². The minimum absolute atomic E-state index is 0.234. The van der Waals surface area contributed by atoms with Crippen LogP contribution in [0, 0.1) is 0 Å². The molecule has 190 valence electrons. The van der Waals surface area contributed by atoms with Crippen LogP contribution in [-0.2, 0) is 16.6 Å². The second-order valence-corrected chi connectivity index (χ2v) is 10.5. The van der Waals surface area contributed by atoms with E-state index >= 15 is 0 Å². The van der Waals surface area contributed by atoms with Gasteiger partial charge in [0.2, 0.25) is 10.0 Å². The van der Waals surface area contributed by atoms with Crippen LogP contribution in [0.15, 0.2) is 65.8 Å². The van der Waals surface area contributed by atoms with Crippen LogP contribution in [0.1, 0.15) is 28.4 Å². The Morgan fingerprint density at radius 1 is 1.03 bits per heavy atom. The predicted octanol–water partition coefficient (Wildman–Crippen LogP) is 5.13. The average molecular weight is 550 g/mol. The number of hydrazone groups is 1. The number of carbonyl (C=O) groups is 1. The van der Waals surface area contributed by atoms with E-state index in [2.05, 4.69) is 10.5 Å². The lowest BCUT2D eigenvalue weighted by molar-refractivity contribution is 0.0955. The van der Waals surface area contributed by atoms with E-state index in [-0.39, 0.29) is 6.61 Å². The van der Waals surface area contributed by atoms with Crippen LogP contribution in [0.5, 0.6) is 11.5 Å². The molecule has 11 heteroatoms. The molecule has 0 heterocycles. The molecule has 0 radical (unpaired) electrons. The minimum atomic E-state index is -3.39. The van der Waals surface area contributed by atoms with Gasteiger partial charge in [-0.25, -0.2) is 13.8 Å². The molecule has 3 rings (SSSR count). The Kier molecular flexibility index (Phi) is 9.19. The predicted molar refractivity (Wildman–Crippen MR) is 143 cm³/mol. The summed E-state index contributed by atoms with van der Waals surface area (Å²) in [7, 11) is -1.95. The Hall–Kier alpha value is -3.27. The molecule has 0 aliphatic carbocycles. The van der Waals surface area contributed by atoms with Crippen molar-refractivity contribution in [2.75, 3.05) is 24.2 Å². The lowest BCUT2D eigenvalue weighted by Crippen LogP contribution is -2.25. The highest BCUT2D eigenvalue weighted by molar-refractivity contribution is 7.92. The SMILES string of the molecule is CCOc1cc(/C=N\NC(=O)c2ccc(N(C)S(C)(=O)=O)cc2)ccc1OCc1ccc(Cl)cc1Cl. The molecule has 8 nitrogen and oxygen atoms in total. The van der Waals surface area contributed by atoms with Gasteiger partial charge in [-0.2, -0.15) is 5.10 Å². The number of amides is 1. The number of benzene rings is 3. The number of anilines is 1. The molecule has 0 aromatic heterocycles. The fourth-order valence-electron chi connectivity index (χ4n) is 3.03. The molecular weight excluding hydrogens is 525 g/mol. The Balaban J connectivity index is 1.64. The normalized spacial score (nSPS) is 11.4. The number of nitrogens with zero attached hydrogens (tertiary/aromatic N) is 2. The van der Waals surface area contributed by atoms with Crippen LogP contribution in [0.3, 0.4) is 0 Å². The van der Waals surface area contributed by atoms with Gasteiger partial charge in [-0.3, -0.25) is 9.10 Å². The topological polar surface area (TPSA) is 97.3 Å². The Morgan fingerprint density at radius 3 is 2.39 bits per heavy atom. The van der Waals surface area contributed by atoms with Gasteiger partial charge in [-0.1, -0.05) is 29.3 Å². The third-order valence-electron chi connectivity index (χ3n) is 5.04. The quantitative estimate of drug-likeness (QED) is 0.279. The molecule has 0 saturated heterocycles. The summed E-state index contributed by atoms with van der Waals surface area (Å²) >= 11 is 12.2. The molecule has 3 aromatic rings. The molecule has 0 bridgehead atoms. The molecule has 3 aromatic carbocycles. The number of hydrogen-bond acceptors (Lipinski definition) is 6. The van der Waals surface area contributed by atoms with Gasteiger partial charge in [-0.05, 0) is 67.1 Å². The third-order valence-corrected chi connectivity index (χ3v) is 6.83. The minimum Gasteiger partial charge on any atom is -0.490 e. The Labute approximate surface area is 220 Å². The molecule has 0 atom stereocenters. The van der Waals surface area contributed by atoms with Crippen molar-refractivity contribution in [1.29, 1.82) is 0 Å². The largest absolute Gasteiger partial charge is 0.490 e. The maximum Gasteiger partial charge on any atom is 0.271 e. The van der Waals surface area contributed by atoms with Crippen molar-refractivity contribution in [3.8, 4) is 11.5 Å². The summed E-state index contributed by atoms with van der Waals surface area (Å²) in [5.74, 6) is 0.608. The summed E-state index contributed by atoms with van der Waals surface area (Å²) < 4.78 is 36.0. The summed E-state index contributed by atoms with van der Waals surface area (Å²) in [6.45, 7) is 2.53. The molecule has 0 unspecified atom stereocenters. The van der Waals surface area contributed by atoms with E-state index in [4.69, 9.17) is 32.7 Å². The first-order chi connectivity index (χ1) is 17.1. The van der Waals surface area contributed by atoms with Crippen LogP contribution >= 0.6 is 23.2 Å². The zero-order valence-electron chi connectivity index (χ0n) is 19.9. The van der Waals surface area contributed by atoms with E-state index in [0.29, 0.717) is 45.0 Å². The highest BCUT2D eigenvalue weighted by atomic mass is 35.5.